The van der Waals surface area contributed by atoms with Crippen molar-refractivity contribution in [2.24, 2.45) is 5.92 Å². The lowest BCUT2D eigenvalue weighted by Crippen LogP contribution is -2.37. The molecule has 2 rings (SSSR count). The van der Waals surface area contributed by atoms with E-state index in [0.29, 0.717) is 5.56 Å². The highest BCUT2D eigenvalue weighted by Gasteiger charge is 2.31. The summed E-state index contributed by atoms with van der Waals surface area (Å²) in [4.78, 5) is 24.5. The molecule has 1 N–H and O–H groups in total. The Morgan fingerprint density at radius 2 is 2.20 bits per heavy atom. The average molecular weight is 277 g/mol. The van der Waals surface area contributed by atoms with E-state index in [0.717, 1.165) is 13.0 Å². The Hall–Kier alpha value is -1.95. The monoisotopic (exact) mass is 277 g/mol. The van der Waals surface area contributed by atoms with E-state index >= 15 is 0 Å². The van der Waals surface area contributed by atoms with Gasteiger partial charge in [-0.2, -0.15) is 0 Å². The van der Waals surface area contributed by atoms with Gasteiger partial charge in [0.25, 0.3) is 5.69 Å². The molecule has 0 aromatic heterocycles. The van der Waals surface area contributed by atoms with E-state index < -0.39 is 4.92 Å². The van der Waals surface area contributed by atoms with Crippen LogP contribution in [0.15, 0.2) is 24.3 Å². The van der Waals surface area contributed by atoms with Gasteiger partial charge in [0.1, 0.15) is 0 Å². The van der Waals surface area contributed by atoms with Gasteiger partial charge >= 0.3 is 0 Å². The lowest BCUT2D eigenvalue weighted by molar-refractivity contribution is -0.385. The van der Waals surface area contributed by atoms with Crippen molar-refractivity contribution in [3.8, 4) is 0 Å². The molecule has 0 radical (unpaired) electrons. The minimum absolute atomic E-state index is 0.0391. The Morgan fingerprint density at radius 3 is 2.80 bits per heavy atom. The van der Waals surface area contributed by atoms with Crippen LogP contribution < -0.4 is 5.32 Å². The molecular weight excluding hydrogens is 258 g/mol. The van der Waals surface area contributed by atoms with Crippen LogP contribution >= 0.6 is 0 Å². The number of para-hydroxylation sites is 1. The number of amides is 1. The maximum atomic E-state index is 12.4. The zero-order chi connectivity index (χ0) is 14.7. The Labute approximate surface area is 117 Å². The Kier molecular flexibility index (Phi) is 4.34. The summed E-state index contributed by atoms with van der Waals surface area (Å²) in [6, 6.07) is 6.70. The number of nitro benzene ring substituents is 1. The number of benzene rings is 1. The number of rotatable bonds is 4. The molecule has 1 aromatic carbocycles. The molecule has 1 fully saturated rings. The average Bonchev–Trinajstić information content (AvgIpc) is 2.84. The molecular formula is C14H19N3O3. The van der Waals surface area contributed by atoms with Crippen molar-refractivity contribution in [3.05, 3.63) is 39.9 Å². The first kappa shape index (κ1) is 14.5. The Morgan fingerprint density at radius 1 is 1.50 bits per heavy atom. The van der Waals surface area contributed by atoms with E-state index in [1.54, 1.807) is 30.1 Å². The summed E-state index contributed by atoms with van der Waals surface area (Å²) in [6.45, 7) is 3.10. The van der Waals surface area contributed by atoms with Gasteiger partial charge in [-0.05, 0) is 19.9 Å². The van der Waals surface area contributed by atoms with Crippen LogP contribution in [0.4, 0.5) is 5.69 Å². The van der Waals surface area contributed by atoms with Gasteiger partial charge in [0.15, 0.2) is 0 Å². The fourth-order valence-electron chi connectivity index (χ4n) is 2.64. The van der Waals surface area contributed by atoms with E-state index in [1.807, 2.05) is 6.92 Å². The van der Waals surface area contributed by atoms with Crippen molar-refractivity contribution >= 4 is 11.6 Å². The van der Waals surface area contributed by atoms with Crippen molar-refractivity contribution in [1.29, 1.82) is 0 Å². The molecule has 1 aromatic rings. The minimum Gasteiger partial charge on any atom is -0.341 e. The van der Waals surface area contributed by atoms with E-state index in [2.05, 4.69) is 5.32 Å². The molecule has 6 nitrogen and oxygen atoms in total. The molecule has 2 unspecified atom stereocenters. The summed E-state index contributed by atoms with van der Waals surface area (Å²) in [5.41, 5.74) is 0.622. The van der Waals surface area contributed by atoms with Crippen LogP contribution in [0.3, 0.4) is 0 Å². The van der Waals surface area contributed by atoms with E-state index in [1.165, 1.54) is 6.07 Å². The van der Waals surface area contributed by atoms with Gasteiger partial charge in [0.2, 0.25) is 5.91 Å². The molecule has 0 saturated carbocycles. The fourth-order valence-corrected chi connectivity index (χ4v) is 2.64. The normalized spacial score (nSPS) is 21.7. The lowest BCUT2D eigenvalue weighted by Gasteiger charge is -2.23. The summed E-state index contributed by atoms with van der Waals surface area (Å²) in [5.74, 6) is 0.00317. The summed E-state index contributed by atoms with van der Waals surface area (Å²) >= 11 is 0. The van der Waals surface area contributed by atoms with Gasteiger partial charge < -0.3 is 10.2 Å². The molecule has 0 bridgehead atoms. The largest absolute Gasteiger partial charge is 0.341 e. The van der Waals surface area contributed by atoms with E-state index in [4.69, 9.17) is 0 Å². The molecule has 20 heavy (non-hydrogen) atoms. The molecule has 0 aliphatic carbocycles. The molecule has 0 spiro atoms. The van der Waals surface area contributed by atoms with Gasteiger partial charge in [0, 0.05) is 24.7 Å². The third-order valence-electron chi connectivity index (χ3n) is 3.81. The van der Waals surface area contributed by atoms with Gasteiger partial charge in [-0.25, -0.2) is 0 Å². The first-order valence-corrected chi connectivity index (χ1v) is 6.71. The zero-order valence-corrected chi connectivity index (χ0v) is 11.7. The molecule has 1 aliphatic heterocycles. The molecule has 2 atom stereocenters. The zero-order valence-electron chi connectivity index (χ0n) is 11.7. The topological polar surface area (TPSA) is 75.5 Å². The number of carbonyl (C=O) groups excluding carboxylic acids is 1. The number of hydrogen-bond donors (Lipinski definition) is 1. The first-order valence-electron chi connectivity index (χ1n) is 6.71. The highest BCUT2D eigenvalue weighted by atomic mass is 16.6. The highest BCUT2D eigenvalue weighted by molar-refractivity contribution is 5.79. The van der Waals surface area contributed by atoms with Crippen molar-refractivity contribution in [1.82, 2.24) is 10.2 Å². The molecule has 1 heterocycles. The standard InChI is InChI=1S/C14H19N3O3/c1-10-12(7-8-15-10)14(18)16(2)9-11-5-3-4-6-13(11)17(19)20/h3-6,10,12,15H,7-9H2,1-2H3. The van der Waals surface area contributed by atoms with Crippen molar-refractivity contribution in [2.45, 2.75) is 25.9 Å². The van der Waals surface area contributed by atoms with Gasteiger partial charge in [-0.15, -0.1) is 0 Å². The van der Waals surface area contributed by atoms with Crippen molar-refractivity contribution in [2.75, 3.05) is 13.6 Å². The lowest BCUT2D eigenvalue weighted by atomic mass is 10.0. The number of carbonyl (C=O) groups is 1. The third-order valence-corrected chi connectivity index (χ3v) is 3.81. The minimum atomic E-state index is -0.409. The number of hydrogen-bond acceptors (Lipinski definition) is 4. The van der Waals surface area contributed by atoms with E-state index in [9.17, 15) is 14.9 Å². The molecule has 6 heteroatoms. The Balaban J connectivity index is 2.10. The molecule has 1 saturated heterocycles. The Bertz CT molecular complexity index is 518. The second-order valence-corrected chi connectivity index (χ2v) is 5.22. The van der Waals surface area contributed by atoms with Crippen LogP contribution in [0.5, 0.6) is 0 Å². The first-order chi connectivity index (χ1) is 9.50. The van der Waals surface area contributed by atoms with Gasteiger partial charge in [-0.1, -0.05) is 18.2 Å². The van der Waals surface area contributed by atoms with Crippen LogP contribution in [-0.2, 0) is 11.3 Å². The van der Waals surface area contributed by atoms with E-state index in [-0.39, 0.29) is 30.1 Å². The predicted molar refractivity (Wildman–Crippen MR) is 75.1 cm³/mol. The summed E-state index contributed by atoms with van der Waals surface area (Å²) in [6.07, 6.45) is 0.821. The maximum Gasteiger partial charge on any atom is 0.274 e. The predicted octanol–water partition coefficient (Wildman–Crippen LogP) is 1.55. The number of nitro groups is 1. The number of nitrogens with zero attached hydrogens (tertiary/aromatic N) is 2. The van der Waals surface area contributed by atoms with Crippen LogP contribution in [0, 0.1) is 16.0 Å². The fraction of sp³-hybridized carbons (Fsp3) is 0.500. The van der Waals surface area contributed by atoms with Crippen molar-refractivity contribution < 1.29 is 9.72 Å². The quantitative estimate of drug-likeness (QED) is 0.669. The summed E-state index contributed by atoms with van der Waals surface area (Å²) in [7, 11) is 1.70. The summed E-state index contributed by atoms with van der Waals surface area (Å²) in [5, 5.41) is 14.2. The van der Waals surface area contributed by atoms with Crippen LogP contribution in [-0.4, -0.2) is 35.4 Å². The third kappa shape index (κ3) is 2.96. The summed E-state index contributed by atoms with van der Waals surface area (Å²) < 4.78 is 0. The van der Waals surface area contributed by atoms with Crippen LogP contribution in [0.25, 0.3) is 0 Å². The highest BCUT2D eigenvalue weighted by Crippen LogP contribution is 2.22. The van der Waals surface area contributed by atoms with Crippen molar-refractivity contribution in [3.63, 3.8) is 0 Å². The second-order valence-electron chi connectivity index (χ2n) is 5.22. The number of nitrogens with one attached hydrogen (secondary N) is 1. The van der Waals surface area contributed by atoms with Gasteiger partial charge in [0.05, 0.1) is 17.4 Å². The van der Waals surface area contributed by atoms with Gasteiger partial charge in [-0.3, -0.25) is 14.9 Å². The molecule has 108 valence electrons. The maximum absolute atomic E-state index is 12.4. The molecule has 1 aliphatic rings. The smallest absolute Gasteiger partial charge is 0.274 e. The van der Waals surface area contributed by atoms with Crippen LogP contribution in [0.1, 0.15) is 18.9 Å². The SMILES string of the molecule is CC1NCCC1C(=O)N(C)Cc1ccccc1[N+](=O)[O-]. The second kappa shape index (κ2) is 6.00. The van der Waals surface area contributed by atoms with Crippen LogP contribution in [0.2, 0.25) is 0 Å². The molecule has 1 amide bonds.